The van der Waals surface area contributed by atoms with E-state index < -0.39 is 0 Å². The van der Waals surface area contributed by atoms with Gasteiger partial charge in [0, 0.05) is 12.6 Å². The van der Waals surface area contributed by atoms with Crippen molar-refractivity contribution < 1.29 is 9.53 Å². The van der Waals surface area contributed by atoms with E-state index in [2.05, 4.69) is 6.58 Å². The van der Waals surface area contributed by atoms with Crippen molar-refractivity contribution in [2.45, 2.75) is 0 Å². The van der Waals surface area contributed by atoms with E-state index in [1.165, 1.54) is 12.2 Å². The lowest BCUT2D eigenvalue weighted by Gasteiger charge is -2.03. The highest BCUT2D eigenvalue weighted by atomic mass is 16.5. The summed E-state index contributed by atoms with van der Waals surface area (Å²) in [5, 5.41) is 0. The van der Waals surface area contributed by atoms with Crippen molar-refractivity contribution in [3.8, 4) is 0 Å². The number of ether oxygens (including phenoxy) is 1. The van der Waals surface area contributed by atoms with E-state index in [0.717, 1.165) is 6.54 Å². The van der Waals surface area contributed by atoms with Crippen LogP contribution in [0.1, 0.15) is 0 Å². The van der Waals surface area contributed by atoms with Crippen LogP contribution in [0.3, 0.4) is 0 Å². The topological polar surface area (TPSA) is 29.5 Å². The van der Waals surface area contributed by atoms with Crippen molar-refractivity contribution in [1.29, 1.82) is 0 Å². The Kier molecular flexibility index (Phi) is 6.01. The van der Waals surface area contributed by atoms with E-state index in [-0.39, 0.29) is 12.6 Å². The number of esters is 1. The highest BCUT2D eigenvalue weighted by Crippen LogP contribution is 1.83. The summed E-state index contributed by atoms with van der Waals surface area (Å²) in [4.78, 5) is 12.8. The van der Waals surface area contributed by atoms with Gasteiger partial charge in [0.1, 0.15) is 6.61 Å². The van der Waals surface area contributed by atoms with E-state index >= 15 is 0 Å². The molecule has 0 aliphatic heterocycles. The van der Waals surface area contributed by atoms with E-state index in [9.17, 15) is 4.79 Å². The minimum absolute atomic E-state index is 0.269. The highest BCUT2D eigenvalue weighted by Gasteiger charge is 1.92. The maximum absolute atomic E-state index is 10.8. The smallest absolute Gasteiger partial charge is 0.330 e. The SMILES string of the molecule is C=CCOC(=O)C=CCN(C)C. The summed E-state index contributed by atoms with van der Waals surface area (Å²) in [6, 6.07) is 0. The second kappa shape index (κ2) is 6.61. The van der Waals surface area contributed by atoms with Crippen molar-refractivity contribution in [2.24, 2.45) is 0 Å². The number of carbonyl (C=O) groups excluding carboxylic acids is 1. The summed E-state index contributed by atoms with van der Waals surface area (Å²) in [5.41, 5.74) is 0. The third kappa shape index (κ3) is 7.02. The van der Waals surface area contributed by atoms with Gasteiger partial charge in [-0.25, -0.2) is 4.79 Å². The van der Waals surface area contributed by atoms with Gasteiger partial charge in [0.2, 0.25) is 0 Å². The fraction of sp³-hybridized carbons (Fsp3) is 0.444. The van der Waals surface area contributed by atoms with E-state index in [0.29, 0.717) is 0 Å². The average Bonchev–Trinajstić information content (AvgIpc) is 2.00. The van der Waals surface area contributed by atoms with E-state index in [1.54, 1.807) is 6.08 Å². The molecule has 0 aromatic carbocycles. The van der Waals surface area contributed by atoms with Gasteiger partial charge in [-0.05, 0) is 14.1 Å². The van der Waals surface area contributed by atoms with Crippen LogP contribution < -0.4 is 0 Å². The Balaban J connectivity index is 3.53. The predicted octanol–water partition coefficient (Wildman–Crippen LogP) is 0.833. The normalized spacial score (nSPS) is 10.6. The molecule has 0 bridgehead atoms. The van der Waals surface area contributed by atoms with Gasteiger partial charge >= 0.3 is 5.97 Å². The van der Waals surface area contributed by atoms with Gasteiger partial charge in [-0.15, -0.1) is 0 Å². The molecule has 0 saturated heterocycles. The summed E-state index contributed by atoms with van der Waals surface area (Å²) >= 11 is 0. The molecule has 0 amide bonds. The van der Waals surface area contributed by atoms with Gasteiger partial charge in [-0.2, -0.15) is 0 Å². The standard InChI is InChI=1S/C9H15NO2/c1-4-8-12-9(11)6-5-7-10(2)3/h4-6H,1,7-8H2,2-3H3. The van der Waals surface area contributed by atoms with Crippen LogP contribution in [0.4, 0.5) is 0 Å². The monoisotopic (exact) mass is 169 g/mol. The maximum atomic E-state index is 10.8. The van der Waals surface area contributed by atoms with Crippen LogP contribution in [-0.2, 0) is 9.53 Å². The van der Waals surface area contributed by atoms with Crippen molar-refractivity contribution >= 4 is 5.97 Å². The lowest BCUT2D eigenvalue weighted by atomic mass is 10.5. The zero-order valence-corrected chi connectivity index (χ0v) is 7.62. The fourth-order valence-electron chi connectivity index (χ4n) is 0.549. The third-order valence-electron chi connectivity index (χ3n) is 1.07. The molecule has 3 nitrogen and oxygen atoms in total. The van der Waals surface area contributed by atoms with Crippen molar-refractivity contribution in [3.63, 3.8) is 0 Å². The van der Waals surface area contributed by atoms with Gasteiger partial charge in [-0.3, -0.25) is 0 Å². The Labute approximate surface area is 73.3 Å². The molecule has 0 aliphatic carbocycles. The van der Waals surface area contributed by atoms with Crippen LogP contribution >= 0.6 is 0 Å². The first-order chi connectivity index (χ1) is 5.66. The number of hydrogen-bond acceptors (Lipinski definition) is 3. The fourth-order valence-corrected chi connectivity index (χ4v) is 0.549. The first-order valence-electron chi connectivity index (χ1n) is 3.75. The Hall–Kier alpha value is -1.09. The van der Waals surface area contributed by atoms with Crippen LogP contribution in [-0.4, -0.2) is 38.1 Å². The molecule has 0 aromatic heterocycles. The van der Waals surface area contributed by atoms with Crippen LogP contribution in [0.2, 0.25) is 0 Å². The quantitative estimate of drug-likeness (QED) is 0.347. The summed E-state index contributed by atoms with van der Waals surface area (Å²) < 4.78 is 4.71. The summed E-state index contributed by atoms with van der Waals surface area (Å²) in [6.07, 6.45) is 4.71. The largest absolute Gasteiger partial charge is 0.458 e. The average molecular weight is 169 g/mol. The zero-order chi connectivity index (χ0) is 9.40. The number of carbonyl (C=O) groups is 1. The Morgan fingerprint density at radius 1 is 1.58 bits per heavy atom. The molecule has 0 rings (SSSR count). The molecular formula is C9H15NO2. The van der Waals surface area contributed by atoms with Gasteiger partial charge in [0.05, 0.1) is 0 Å². The second-order valence-corrected chi connectivity index (χ2v) is 2.58. The number of rotatable bonds is 5. The Morgan fingerprint density at radius 2 is 2.25 bits per heavy atom. The minimum Gasteiger partial charge on any atom is -0.458 e. The van der Waals surface area contributed by atoms with Crippen LogP contribution in [0.25, 0.3) is 0 Å². The van der Waals surface area contributed by atoms with Crippen LogP contribution in [0.15, 0.2) is 24.8 Å². The number of nitrogens with zero attached hydrogens (tertiary/aromatic N) is 1. The number of likely N-dealkylation sites (N-methyl/N-ethyl adjacent to an activating group) is 1. The van der Waals surface area contributed by atoms with Crippen molar-refractivity contribution in [3.05, 3.63) is 24.8 Å². The maximum Gasteiger partial charge on any atom is 0.330 e. The lowest BCUT2D eigenvalue weighted by molar-refractivity contribution is -0.136. The van der Waals surface area contributed by atoms with E-state index in [1.807, 2.05) is 19.0 Å². The van der Waals surface area contributed by atoms with Gasteiger partial charge in [-0.1, -0.05) is 18.7 Å². The van der Waals surface area contributed by atoms with E-state index in [4.69, 9.17) is 4.74 Å². The van der Waals surface area contributed by atoms with Gasteiger partial charge in [0.15, 0.2) is 0 Å². The summed E-state index contributed by atoms with van der Waals surface area (Å²) in [5.74, 6) is -0.322. The molecule has 0 fully saturated rings. The second-order valence-electron chi connectivity index (χ2n) is 2.58. The molecule has 0 aliphatic rings. The molecule has 0 saturated carbocycles. The zero-order valence-electron chi connectivity index (χ0n) is 7.62. The molecule has 0 unspecified atom stereocenters. The Morgan fingerprint density at radius 3 is 2.75 bits per heavy atom. The molecule has 0 heterocycles. The minimum atomic E-state index is -0.322. The van der Waals surface area contributed by atoms with Crippen LogP contribution in [0.5, 0.6) is 0 Å². The first-order valence-corrected chi connectivity index (χ1v) is 3.75. The Bertz CT molecular complexity index is 173. The summed E-state index contributed by atoms with van der Waals surface area (Å²) in [6.45, 7) is 4.44. The molecular weight excluding hydrogens is 154 g/mol. The molecule has 0 atom stereocenters. The molecule has 0 aromatic rings. The molecule has 0 spiro atoms. The molecule has 3 heteroatoms. The highest BCUT2D eigenvalue weighted by molar-refractivity contribution is 5.81. The lowest BCUT2D eigenvalue weighted by Crippen LogP contribution is -2.11. The third-order valence-corrected chi connectivity index (χ3v) is 1.07. The van der Waals surface area contributed by atoms with Crippen molar-refractivity contribution in [2.75, 3.05) is 27.2 Å². The van der Waals surface area contributed by atoms with Crippen molar-refractivity contribution in [1.82, 2.24) is 4.90 Å². The molecule has 0 N–H and O–H groups in total. The molecule has 0 radical (unpaired) electrons. The summed E-state index contributed by atoms with van der Waals surface area (Å²) in [7, 11) is 3.86. The van der Waals surface area contributed by atoms with Crippen LogP contribution in [0, 0.1) is 0 Å². The molecule has 12 heavy (non-hydrogen) atoms. The predicted molar refractivity (Wildman–Crippen MR) is 48.9 cm³/mol. The number of hydrogen-bond donors (Lipinski definition) is 0. The van der Waals surface area contributed by atoms with Gasteiger partial charge < -0.3 is 9.64 Å². The van der Waals surface area contributed by atoms with Gasteiger partial charge in [0.25, 0.3) is 0 Å². The first kappa shape index (κ1) is 10.9. The molecule has 68 valence electrons.